The molecule has 4 heteroatoms. The lowest BCUT2D eigenvalue weighted by Gasteiger charge is -2.21. The number of nitrogens with zero attached hydrogens (tertiary/aromatic N) is 1. The van der Waals surface area contributed by atoms with E-state index >= 15 is 0 Å². The van der Waals surface area contributed by atoms with Crippen molar-refractivity contribution in [3.8, 4) is 0 Å². The number of nitrogens with two attached hydrogens (primary N) is 1. The number of hydrazine groups is 1. The van der Waals surface area contributed by atoms with Crippen LogP contribution in [0.1, 0.15) is 11.6 Å². The zero-order valence-electron chi connectivity index (χ0n) is 8.50. The molecule has 3 N–H and O–H groups in total. The van der Waals surface area contributed by atoms with Crippen molar-refractivity contribution in [1.29, 1.82) is 0 Å². The zero-order valence-corrected chi connectivity index (χ0v) is 9.25. The van der Waals surface area contributed by atoms with Crippen molar-refractivity contribution in [3.63, 3.8) is 0 Å². The Labute approximate surface area is 89.8 Å². The standard InChI is InChI=1S/C10H16ClN3/c1-14(2)7-10(13-12)8-5-3-4-6-9(8)11/h3-6,10,13H,7,12H2,1-2H3. The van der Waals surface area contributed by atoms with Crippen LogP contribution in [0, 0.1) is 0 Å². The Morgan fingerprint density at radius 2 is 2.07 bits per heavy atom. The summed E-state index contributed by atoms with van der Waals surface area (Å²) < 4.78 is 0. The van der Waals surface area contributed by atoms with Gasteiger partial charge in [0.1, 0.15) is 0 Å². The fraction of sp³-hybridized carbons (Fsp3) is 0.400. The summed E-state index contributed by atoms with van der Waals surface area (Å²) in [6.07, 6.45) is 0. The van der Waals surface area contributed by atoms with E-state index in [2.05, 4.69) is 10.3 Å². The third kappa shape index (κ3) is 2.96. The second-order valence-electron chi connectivity index (χ2n) is 3.50. The van der Waals surface area contributed by atoms with Crippen molar-refractivity contribution in [2.24, 2.45) is 5.84 Å². The lowest BCUT2D eigenvalue weighted by atomic mass is 10.1. The number of hydrogen-bond acceptors (Lipinski definition) is 3. The minimum absolute atomic E-state index is 0.0682. The summed E-state index contributed by atoms with van der Waals surface area (Å²) in [6.45, 7) is 0.820. The van der Waals surface area contributed by atoms with Crippen LogP contribution in [0.4, 0.5) is 0 Å². The first-order valence-electron chi connectivity index (χ1n) is 4.50. The van der Waals surface area contributed by atoms with E-state index in [0.29, 0.717) is 0 Å². The average Bonchev–Trinajstić information content (AvgIpc) is 2.15. The van der Waals surface area contributed by atoms with Crippen LogP contribution in [0.5, 0.6) is 0 Å². The van der Waals surface area contributed by atoms with Gasteiger partial charge >= 0.3 is 0 Å². The van der Waals surface area contributed by atoms with Gasteiger partial charge in [-0.05, 0) is 25.7 Å². The molecule has 78 valence electrons. The normalized spacial score (nSPS) is 13.2. The molecule has 0 aliphatic carbocycles. The van der Waals surface area contributed by atoms with Crippen LogP contribution in [0.2, 0.25) is 5.02 Å². The molecule has 1 atom stereocenters. The van der Waals surface area contributed by atoms with Crippen molar-refractivity contribution in [2.45, 2.75) is 6.04 Å². The number of hydrogen-bond donors (Lipinski definition) is 2. The summed E-state index contributed by atoms with van der Waals surface area (Å²) in [5, 5.41) is 0.748. The average molecular weight is 214 g/mol. The van der Waals surface area contributed by atoms with Gasteiger partial charge in [0, 0.05) is 11.6 Å². The monoisotopic (exact) mass is 213 g/mol. The second kappa shape index (κ2) is 5.32. The quantitative estimate of drug-likeness (QED) is 0.587. The summed E-state index contributed by atoms with van der Waals surface area (Å²) in [7, 11) is 4.00. The summed E-state index contributed by atoms with van der Waals surface area (Å²) in [6, 6.07) is 7.79. The topological polar surface area (TPSA) is 41.3 Å². The minimum atomic E-state index is 0.0682. The predicted octanol–water partition coefficient (Wildman–Crippen LogP) is 1.41. The Bertz CT molecular complexity index is 288. The molecule has 0 aliphatic heterocycles. The van der Waals surface area contributed by atoms with Gasteiger partial charge in [0.25, 0.3) is 0 Å². The summed E-state index contributed by atoms with van der Waals surface area (Å²) in [5.74, 6) is 5.49. The van der Waals surface area contributed by atoms with Crippen LogP contribution in [0.15, 0.2) is 24.3 Å². The van der Waals surface area contributed by atoms with E-state index in [1.807, 2.05) is 38.4 Å². The summed E-state index contributed by atoms with van der Waals surface area (Å²) >= 11 is 6.07. The van der Waals surface area contributed by atoms with Crippen LogP contribution >= 0.6 is 11.6 Å². The van der Waals surface area contributed by atoms with E-state index in [1.165, 1.54) is 0 Å². The first kappa shape index (κ1) is 11.5. The van der Waals surface area contributed by atoms with Crippen molar-refractivity contribution >= 4 is 11.6 Å². The molecular weight excluding hydrogens is 198 g/mol. The summed E-state index contributed by atoms with van der Waals surface area (Å²) in [5.41, 5.74) is 3.80. The van der Waals surface area contributed by atoms with E-state index in [9.17, 15) is 0 Å². The Balaban J connectivity index is 2.83. The van der Waals surface area contributed by atoms with Gasteiger partial charge in [-0.1, -0.05) is 29.8 Å². The molecule has 14 heavy (non-hydrogen) atoms. The van der Waals surface area contributed by atoms with Gasteiger partial charge in [-0.3, -0.25) is 11.3 Å². The Hall–Kier alpha value is -0.610. The fourth-order valence-electron chi connectivity index (χ4n) is 1.36. The fourth-order valence-corrected chi connectivity index (χ4v) is 1.63. The predicted molar refractivity (Wildman–Crippen MR) is 60.1 cm³/mol. The van der Waals surface area contributed by atoms with Crippen molar-refractivity contribution in [2.75, 3.05) is 20.6 Å². The number of rotatable bonds is 4. The second-order valence-corrected chi connectivity index (χ2v) is 3.91. The van der Waals surface area contributed by atoms with E-state index in [0.717, 1.165) is 17.1 Å². The Kier molecular flexibility index (Phi) is 4.35. The molecule has 1 aromatic carbocycles. The summed E-state index contributed by atoms with van der Waals surface area (Å²) in [4.78, 5) is 2.06. The van der Waals surface area contributed by atoms with E-state index in [4.69, 9.17) is 17.4 Å². The zero-order chi connectivity index (χ0) is 10.6. The third-order valence-electron chi connectivity index (χ3n) is 2.03. The van der Waals surface area contributed by atoms with Gasteiger partial charge in [0.15, 0.2) is 0 Å². The van der Waals surface area contributed by atoms with Crippen LogP contribution < -0.4 is 11.3 Å². The van der Waals surface area contributed by atoms with Gasteiger partial charge in [0.2, 0.25) is 0 Å². The number of halogens is 1. The molecule has 1 rings (SSSR count). The van der Waals surface area contributed by atoms with E-state index in [-0.39, 0.29) is 6.04 Å². The molecular formula is C10H16ClN3. The Morgan fingerprint density at radius 3 is 2.57 bits per heavy atom. The smallest absolute Gasteiger partial charge is 0.0601 e. The molecule has 0 bridgehead atoms. The maximum atomic E-state index is 6.07. The minimum Gasteiger partial charge on any atom is -0.307 e. The van der Waals surface area contributed by atoms with Crippen LogP contribution in [-0.2, 0) is 0 Å². The maximum absolute atomic E-state index is 6.07. The van der Waals surface area contributed by atoms with Crippen molar-refractivity contribution in [1.82, 2.24) is 10.3 Å². The molecule has 0 aromatic heterocycles. The van der Waals surface area contributed by atoms with Crippen LogP contribution in [0.3, 0.4) is 0 Å². The molecule has 0 heterocycles. The maximum Gasteiger partial charge on any atom is 0.0601 e. The molecule has 0 aliphatic rings. The largest absolute Gasteiger partial charge is 0.307 e. The molecule has 3 nitrogen and oxygen atoms in total. The van der Waals surface area contributed by atoms with Gasteiger partial charge in [-0.25, -0.2) is 0 Å². The lowest BCUT2D eigenvalue weighted by molar-refractivity contribution is 0.344. The number of nitrogens with one attached hydrogen (secondary N) is 1. The highest BCUT2D eigenvalue weighted by Crippen LogP contribution is 2.22. The molecule has 1 unspecified atom stereocenters. The SMILES string of the molecule is CN(C)CC(NN)c1ccccc1Cl. The molecule has 1 aromatic rings. The van der Waals surface area contributed by atoms with E-state index in [1.54, 1.807) is 0 Å². The van der Waals surface area contributed by atoms with Gasteiger partial charge in [-0.15, -0.1) is 0 Å². The van der Waals surface area contributed by atoms with Crippen LogP contribution in [0.25, 0.3) is 0 Å². The highest BCUT2D eigenvalue weighted by molar-refractivity contribution is 6.31. The van der Waals surface area contributed by atoms with Crippen molar-refractivity contribution in [3.05, 3.63) is 34.9 Å². The molecule has 0 saturated carbocycles. The molecule has 0 saturated heterocycles. The van der Waals surface area contributed by atoms with Gasteiger partial charge in [0.05, 0.1) is 6.04 Å². The third-order valence-corrected chi connectivity index (χ3v) is 2.37. The first-order valence-corrected chi connectivity index (χ1v) is 4.88. The van der Waals surface area contributed by atoms with Crippen LogP contribution in [-0.4, -0.2) is 25.5 Å². The molecule has 0 fully saturated rings. The number of benzene rings is 1. The molecule has 0 spiro atoms. The van der Waals surface area contributed by atoms with Gasteiger partial charge in [-0.2, -0.15) is 0 Å². The number of likely N-dealkylation sites (N-methyl/N-ethyl adjacent to an activating group) is 1. The highest BCUT2D eigenvalue weighted by atomic mass is 35.5. The van der Waals surface area contributed by atoms with E-state index < -0.39 is 0 Å². The molecule has 0 amide bonds. The van der Waals surface area contributed by atoms with Gasteiger partial charge < -0.3 is 4.90 Å². The lowest BCUT2D eigenvalue weighted by Crippen LogP contribution is -2.35. The van der Waals surface area contributed by atoms with Crippen molar-refractivity contribution < 1.29 is 0 Å². The highest BCUT2D eigenvalue weighted by Gasteiger charge is 2.12. The first-order chi connectivity index (χ1) is 6.65. The Morgan fingerprint density at radius 1 is 1.43 bits per heavy atom. The molecule has 0 radical (unpaired) electrons.